The summed E-state index contributed by atoms with van der Waals surface area (Å²) < 4.78 is 0. The molecule has 0 bridgehead atoms. The monoisotopic (exact) mass is 241 g/mol. The number of hydrogen-bond donors (Lipinski definition) is 4. The maximum Gasteiger partial charge on any atom is 0.139 e. The van der Waals surface area contributed by atoms with E-state index in [9.17, 15) is 15.3 Å². The van der Waals surface area contributed by atoms with Crippen LogP contribution in [0.25, 0.3) is 22.2 Å². The average molecular weight is 241 g/mol. The molecule has 0 aliphatic carbocycles. The van der Waals surface area contributed by atoms with Gasteiger partial charge in [-0.2, -0.15) is 0 Å². The van der Waals surface area contributed by atoms with Gasteiger partial charge in [-0.1, -0.05) is 12.1 Å². The largest absolute Gasteiger partial charge is 0.507 e. The zero-order valence-corrected chi connectivity index (χ0v) is 9.38. The summed E-state index contributed by atoms with van der Waals surface area (Å²) in [7, 11) is 0. The second-order valence-electron chi connectivity index (χ2n) is 4.09. The summed E-state index contributed by atoms with van der Waals surface area (Å²) in [4.78, 5) is 2.99. The molecule has 2 aromatic carbocycles. The third kappa shape index (κ3) is 1.47. The van der Waals surface area contributed by atoms with E-state index in [1.165, 1.54) is 12.1 Å². The molecule has 4 heteroatoms. The molecular weight excluding hydrogens is 230 g/mol. The molecular formula is C14H11NO3. The fraction of sp³-hybridized carbons (Fsp3) is 0. The van der Waals surface area contributed by atoms with Crippen LogP contribution in [0.2, 0.25) is 0 Å². The van der Waals surface area contributed by atoms with Crippen molar-refractivity contribution in [3.8, 4) is 28.5 Å². The first-order chi connectivity index (χ1) is 8.66. The van der Waals surface area contributed by atoms with Crippen molar-refractivity contribution >= 4 is 10.9 Å². The van der Waals surface area contributed by atoms with E-state index in [4.69, 9.17) is 0 Å². The Morgan fingerprint density at radius 2 is 1.50 bits per heavy atom. The third-order valence-corrected chi connectivity index (χ3v) is 2.94. The summed E-state index contributed by atoms with van der Waals surface area (Å²) in [5.41, 5.74) is 1.71. The van der Waals surface area contributed by atoms with Crippen LogP contribution in [-0.4, -0.2) is 20.3 Å². The molecule has 4 N–H and O–H groups in total. The molecule has 3 aromatic rings. The number of rotatable bonds is 1. The first-order valence-corrected chi connectivity index (χ1v) is 5.49. The summed E-state index contributed by atoms with van der Waals surface area (Å²) in [6.07, 6.45) is 0. The minimum absolute atomic E-state index is 0.0597. The second kappa shape index (κ2) is 3.70. The Morgan fingerprint density at radius 3 is 2.22 bits per heavy atom. The minimum Gasteiger partial charge on any atom is -0.507 e. The molecule has 4 nitrogen and oxygen atoms in total. The standard InChI is InChI=1S/C14H11NO3/c16-11-4-2-1-3-8(11)10-7-9-12(17)5-6-13(18)14(9)15-10/h1-7,15-18H. The number of H-pyrrole nitrogens is 1. The molecule has 0 fully saturated rings. The van der Waals surface area contributed by atoms with Gasteiger partial charge >= 0.3 is 0 Å². The lowest BCUT2D eigenvalue weighted by molar-refractivity contribution is 0.469. The highest BCUT2D eigenvalue weighted by Crippen LogP contribution is 2.37. The fourth-order valence-corrected chi connectivity index (χ4v) is 2.04. The SMILES string of the molecule is Oc1ccccc1-c1cc2c(O)ccc(O)c2[nH]1. The van der Waals surface area contributed by atoms with Crippen molar-refractivity contribution in [1.82, 2.24) is 4.98 Å². The van der Waals surface area contributed by atoms with E-state index in [0.29, 0.717) is 22.2 Å². The molecule has 0 aliphatic heterocycles. The number of aromatic amines is 1. The highest BCUT2D eigenvalue weighted by Gasteiger charge is 2.11. The molecule has 0 saturated heterocycles. The highest BCUT2D eigenvalue weighted by molar-refractivity contribution is 5.94. The van der Waals surface area contributed by atoms with Gasteiger partial charge < -0.3 is 20.3 Å². The van der Waals surface area contributed by atoms with E-state index in [1.807, 2.05) is 0 Å². The van der Waals surface area contributed by atoms with E-state index >= 15 is 0 Å². The molecule has 3 rings (SSSR count). The molecule has 0 saturated carbocycles. The number of hydrogen-bond acceptors (Lipinski definition) is 3. The first kappa shape index (κ1) is 10.5. The molecule has 0 radical (unpaired) electrons. The van der Waals surface area contributed by atoms with E-state index in [0.717, 1.165) is 0 Å². The number of aromatic hydroxyl groups is 3. The number of nitrogens with one attached hydrogen (secondary N) is 1. The molecule has 0 unspecified atom stereocenters. The van der Waals surface area contributed by atoms with Gasteiger partial charge in [-0.25, -0.2) is 0 Å². The van der Waals surface area contributed by atoms with Crippen molar-refractivity contribution in [1.29, 1.82) is 0 Å². The Balaban J connectivity index is 2.29. The van der Waals surface area contributed by atoms with E-state index < -0.39 is 0 Å². The molecule has 90 valence electrons. The Morgan fingerprint density at radius 1 is 0.778 bits per heavy atom. The van der Waals surface area contributed by atoms with Crippen LogP contribution < -0.4 is 0 Å². The van der Waals surface area contributed by atoms with Crippen molar-refractivity contribution in [2.75, 3.05) is 0 Å². The topological polar surface area (TPSA) is 76.5 Å². The number of aromatic nitrogens is 1. The lowest BCUT2D eigenvalue weighted by Gasteiger charge is -2.00. The van der Waals surface area contributed by atoms with Crippen molar-refractivity contribution in [3.63, 3.8) is 0 Å². The lowest BCUT2D eigenvalue weighted by atomic mass is 10.1. The highest BCUT2D eigenvalue weighted by atomic mass is 16.3. The zero-order chi connectivity index (χ0) is 12.7. The predicted octanol–water partition coefficient (Wildman–Crippen LogP) is 2.95. The van der Waals surface area contributed by atoms with Gasteiger partial charge in [0.25, 0.3) is 0 Å². The van der Waals surface area contributed by atoms with E-state index in [1.54, 1.807) is 30.3 Å². The lowest BCUT2D eigenvalue weighted by Crippen LogP contribution is -1.77. The molecule has 0 amide bonds. The van der Waals surface area contributed by atoms with Crippen LogP contribution >= 0.6 is 0 Å². The summed E-state index contributed by atoms with van der Waals surface area (Å²) in [5, 5.41) is 29.8. The van der Waals surface area contributed by atoms with Crippen LogP contribution in [0.15, 0.2) is 42.5 Å². The molecule has 0 aliphatic rings. The predicted molar refractivity (Wildman–Crippen MR) is 68.7 cm³/mol. The van der Waals surface area contributed by atoms with Gasteiger partial charge in [0, 0.05) is 10.9 Å². The molecule has 0 atom stereocenters. The van der Waals surface area contributed by atoms with Crippen molar-refractivity contribution < 1.29 is 15.3 Å². The maximum atomic E-state index is 9.78. The first-order valence-electron chi connectivity index (χ1n) is 5.49. The maximum absolute atomic E-state index is 9.78. The summed E-state index contributed by atoms with van der Waals surface area (Å²) in [6.45, 7) is 0. The van der Waals surface area contributed by atoms with Crippen LogP contribution in [0.1, 0.15) is 0 Å². The number of phenolic OH excluding ortho intramolecular Hbond substituents is 3. The minimum atomic E-state index is 0.0597. The smallest absolute Gasteiger partial charge is 0.139 e. The zero-order valence-electron chi connectivity index (χ0n) is 9.38. The Labute approximate surface area is 103 Å². The molecule has 1 heterocycles. The second-order valence-corrected chi connectivity index (χ2v) is 4.09. The van der Waals surface area contributed by atoms with Crippen LogP contribution in [-0.2, 0) is 0 Å². The van der Waals surface area contributed by atoms with Gasteiger partial charge in [0.1, 0.15) is 17.2 Å². The van der Waals surface area contributed by atoms with Crippen LogP contribution in [0, 0.1) is 0 Å². The van der Waals surface area contributed by atoms with Crippen LogP contribution in [0.5, 0.6) is 17.2 Å². The van der Waals surface area contributed by atoms with Gasteiger partial charge in [-0.3, -0.25) is 0 Å². The Hall–Kier alpha value is -2.62. The Bertz CT molecular complexity index is 692. The van der Waals surface area contributed by atoms with Crippen molar-refractivity contribution in [2.45, 2.75) is 0 Å². The number of benzene rings is 2. The van der Waals surface area contributed by atoms with Crippen molar-refractivity contribution in [2.24, 2.45) is 0 Å². The van der Waals surface area contributed by atoms with Gasteiger partial charge in [0.2, 0.25) is 0 Å². The number of fused-ring (bicyclic) bond motifs is 1. The van der Waals surface area contributed by atoms with E-state index in [-0.39, 0.29) is 17.2 Å². The summed E-state index contributed by atoms with van der Waals surface area (Å²) in [5.74, 6) is 0.285. The summed E-state index contributed by atoms with van der Waals surface area (Å²) in [6, 6.07) is 11.4. The molecule has 0 spiro atoms. The van der Waals surface area contributed by atoms with Gasteiger partial charge in [-0.05, 0) is 30.3 Å². The summed E-state index contributed by atoms with van der Waals surface area (Å²) >= 11 is 0. The van der Waals surface area contributed by atoms with Gasteiger partial charge in [0.15, 0.2) is 0 Å². The molecule has 18 heavy (non-hydrogen) atoms. The third-order valence-electron chi connectivity index (χ3n) is 2.94. The number of phenols is 3. The fourth-order valence-electron chi connectivity index (χ4n) is 2.04. The van der Waals surface area contributed by atoms with Crippen molar-refractivity contribution in [3.05, 3.63) is 42.5 Å². The Kier molecular flexibility index (Phi) is 2.16. The van der Waals surface area contributed by atoms with E-state index in [2.05, 4.69) is 4.98 Å². The normalized spacial score (nSPS) is 10.9. The number of para-hydroxylation sites is 1. The van der Waals surface area contributed by atoms with Crippen LogP contribution in [0.4, 0.5) is 0 Å². The molecule has 1 aromatic heterocycles. The quantitative estimate of drug-likeness (QED) is 0.495. The average Bonchev–Trinajstić information content (AvgIpc) is 2.80. The van der Waals surface area contributed by atoms with Gasteiger partial charge in [0.05, 0.1) is 11.2 Å². The van der Waals surface area contributed by atoms with Crippen LogP contribution in [0.3, 0.4) is 0 Å². The van der Waals surface area contributed by atoms with Gasteiger partial charge in [-0.15, -0.1) is 0 Å².